The summed E-state index contributed by atoms with van der Waals surface area (Å²) in [4.78, 5) is 14.1. The van der Waals surface area contributed by atoms with Gasteiger partial charge in [-0.05, 0) is 50.5 Å². The summed E-state index contributed by atoms with van der Waals surface area (Å²) in [6.07, 6.45) is 3.38. The van der Waals surface area contributed by atoms with Gasteiger partial charge in [0.15, 0.2) is 12.4 Å². The number of carbonyl (C=O) groups is 1. The molecule has 2 aromatic carbocycles. The number of benzene rings is 2. The lowest BCUT2D eigenvalue weighted by Crippen LogP contribution is -2.38. The van der Waals surface area contributed by atoms with Crippen molar-refractivity contribution >= 4 is 5.91 Å². The molecule has 1 aliphatic heterocycles. The van der Waals surface area contributed by atoms with Gasteiger partial charge in [-0.15, -0.1) is 0 Å². The standard InChI is InChI=1S/C23H24N2O3/c1-17-22(24-28-23(17)19-8-4-2-5-9-19)18-10-12-20(13-11-18)27-16-21(26)25-14-6-3-7-15-25/h2,4-5,8-13H,3,6-7,14-16H2,1H3. The fourth-order valence-corrected chi connectivity index (χ4v) is 3.55. The van der Waals surface area contributed by atoms with Crippen LogP contribution in [0.15, 0.2) is 59.1 Å². The Bertz CT molecular complexity index is 926. The zero-order chi connectivity index (χ0) is 19.3. The van der Waals surface area contributed by atoms with Crippen molar-refractivity contribution < 1.29 is 14.1 Å². The molecule has 4 rings (SSSR count). The molecule has 3 aromatic rings. The van der Waals surface area contributed by atoms with Crippen LogP contribution in [0.3, 0.4) is 0 Å². The number of nitrogens with zero attached hydrogens (tertiary/aromatic N) is 2. The number of hydrogen-bond donors (Lipinski definition) is 0. The number of piperidine rings is 1. The summed E-state index contributed by atoms with van der Waals surface area (Å²) in [6, 6.07) is 17.6. The van der Waals surface area contributed by atoms with Gasteiger partial charge >= 0.3 is 0 Å². The highest BCUT2D eigenvalue weighted by Gasteiger charge is 2.17. The van der Waals surface area contributed by atoms with Gasteiger partial charge in [-0.3, -0.25) is 4.79 Å². The molecular formula is C23H24N2O3. The van der Waals surface area contributed by atoms with Crippen molar-refractivity contribution in [2.45, 2.75) is 26.2 Å². The molecule has 1 amide bonds. The first-order valence-electron chi connectivity index (χ1n) is 9.75. The van der Waals surface area contributed by atoms with E-state index in [1.165, 1.54) is 6.42 Å². The van der Waals surface area contributed by atoms with E-state index in [0.29, 0.717) is 5.75 Å². The minimum atomic E-state index is 0.0589. The highest BCUT2D eigenvalue weighted by Crippen LogP contribution is 2.32. The van der Waals surface area contributed by atoms with Crippen molar-refractivity contribution in [2.24, 2.45) is 0 Å². The van der Waals surface area contributed by atoms with Crippen LogP contribution in [0.2, 0.25) is 0 Å². The predicted molar refractivity (Wildman–Crippen MR) is 108 cm³/mol. The first-order chi connectivity index (χ1) is 13.7. The van der Waals surface area contributed by atoms with E-state index in [9.17, 15) is 4.79 Å². The van der Waals surface area contributed by atoms with Gasteiger partial charge in [-0.1, -0.05) is 35.5 Å². The molecule has 0 bridgehead atoms. The maximum Gasteiger partial charge on any atom is 0.260 e. The lowest BCUT2D eigenvalue weighted by atomic mass is 10.0. The lowest BCUT2D eigenvalue weighted by molar-refractivity contribution is -0.134. The second-order valence-electron chi connectivity index (χ2n) is 7.11. The number of amides is 1. The normalized spacial score (nSPS) is 14.1. The first-order valence-corrected chi connectivity index (χ1v) is 9.75. The molecule has 0 spiro atoms. The second-order valence-corrected chi connectivity index (χ2v) is 7.11. The molecule has 2 heterocycles. The molecule has 0 saturated carbocycles. The second kappa shape index (κ2) is 8.30. The predicted octanol–water partition coefficient (Wildman–Crippen LogP) is 4.71. The lowest BCUT2D eigenvalue weighted by Gasteiger charge is -2.26. The number of rotatable bonds is 5. The van der Waals surface area contributed by atoms with E-state index >= 15 is 0 Å². The van der Waals surface area contributed by atoms with Gasteiger partial charge in [-0.25, -0.2) is 0 Å². The van der Waals surface area contributed by atoms with Crippen LogP contribution in [0.4, 0.5) is 0 Å². The third-order valence-corrected chi connectivity index (χ3v) is 5.16. The van der Waals surface area contributed by atoms with Crippen molar-refractivity contribution in [1.29, 1.82) is 0 Å². The van der Waals surface area contributed by atoms with Crippen molar-refractivity contribution in [3.63, 3.8) is 0 Å². The highest BCUT2D eigenvalue weighted by atomic mass is 16.5. The Balaban J connectivity index is 1.42. The Labute approximate surface area is 164 Å². The molecule has 0 N–H and O–H groups in total. The fourth-order valence-electron chi connectivity index (χ4n) is 3.55. The maximum absolute atomic E-state index is 12.2. The smallest absolute Gasteiger partial charge is 0.260 e. The molecule has 5 nitrogen and oxygen atoms in total. The average Bonchev–Trinajstić information content (AvgIpc) is 3.15. The van der Waals surface area contributed by atoms with E-state index < -0.39 is 0 Å². The minimum Gasteiger partial charge on any atom is -0.484 e. The van der Waals surface area contributed by atoms with Crippen LogP contribution in [-0.2, 0) is 4.79 Å². The molecule has 0 unspecified atom stereocenters. The van der Waals surface area contributed by atoms with Gasteiger partial charge in [0.25, 0.3) is 5.91 Å². The number of likely N-dealkylation sites (tertiary alicyclic amines) is 1. The zero-order valence-corrected chi connectivity index (χ0v) is 16.1. The van der Waals surface area contributed by atoms with Crippen LogP contribution in [0.1, 0.15) is 24.8 Å². The Morgan fingerprint density at radius 2 is 1.71 bits per heavy atom. The first kappa shape index (κ1) is 18.3. The van der Waals surface area contributed by atoms with E-state index in [2.05, 4.69) is 5.16 Å². The third kappa shape index (κ3) is 3.93. The van der Waals surface area contributed by atoms with Crippen LogP contribution in [0, 0.1) is 6.92 Å². The summed E-state index contributed by atoms with van der Waals surface area (Å²) in [5.41, 5.74) is 3.78. The van der Waals surface area contributed by atoms with E-state index in [0.717, 1.165) is 54.1 Å². The fraction of sp³-hybridized carbons (Fsp3) is 0.304. The van der Waals surface area contributed by atoms with Gasteiger partial charge in [0.1, 0.15) is 11.4 Å². The summed E-state index contributed by atoms with van der Waals surface area (Å²) in [7, 11) is 0. The molecule has 0 aliphatic carbocycles. The number of aromatic nitrogens is 1. The Morgan fingerprint density at radius 3 is 2.43 bits per heavy atom. The molecule has 5 heteroatoms. The van der Waals surface area contributed by atoms with Gasteiger partial charge in [0.2, 0.25) is 0 Å². The minimum absolute atomic E-state index is 0.0589. The largest absolute Gasteiger partial charge is 0.484 e. The quantitative estimate of drug-likeness (QED) is 0.647. The molecule has 144 valence electrons. The average molecular weight is 376 g/mol. The molecule has 28 heavy (non-hydrogen) atoms. The Morgan fingerprint density at radius 1 is 1.00 bits per heavy atom. The van der Waals surface area contributed by atoms with Crippen molar-refractivity contribution in [3.05, 3.63) is 60.2 Å². The maximum atomic E-state index is 12.2. The van der Waals surface area contributed by atoms with Crippen LogP contribution in [-0.4, -0.2) is 35.7 Å². The Kier molecular flexibility index (Phi) is 5.42. The van der Waals surface area contributed by atoms with Crippen molar-refractivity contribution in [1.82, 2.24) is 10.1 Å². The number of hydrogen-bond acceptors (Lipinski definition) is 4. The number of ether oxygens (including phenoxy) is 1. The van der Waals surface area contributed by atoms with E-state index in [1.54, 1.807) is 0 Å². The summed E-state index contributed by atoms with van der Waals surface area (Å²) < 4.78 is 11.3. The van der Waals surface area contributed by atoms with Crippen LogP contribution >= 0.6 is 0 Å². The monoisotopic (exact) mass is 376 g/mol. The van der Waals surface area contributed by atoms with E-state index in [4.69, 9.17) is 9.26 Å². The summed E-state index contributed by atoms with van der Waals surface area (Å²) in [6.45, 7) is 3.78. The molecule has 1 aromatic heterocycles. The number of carbonyl (C=O) groups excluding carboxylic acids is 1. The van der Waals surface area contributed by atoms with Gasteiger partial charge in [-0.2, -0.15) is 0 Å². The van der Waals surface area contributed by atoms with Gasteiger partial charge in [0, 0.05) is 29.8 Å². The third-order valence-electron chi connectivity index (χ3n) is 5.16. The van der Waals surface area contributed by atoms with Crippen molar-refractivity contribution in [2.75, 3.05) is 19.7 Å². The zero-order valence-electron chi connectivity index (χ0n) is 16.1. The molecule has 1 fully saturated rings. The SMILES string of the molecule is Cc1c(-c2ccc(OCC(=O)N3CCCCC3)cc2)noc1-c1ccccc1. The molecular weight excluding hydrogens is 352 g/mol. The van der Waals surface area contributed by atoms with Gasteiger partial charge in [0.05, 0.1) is 0 Å². The van der Waals surface area contributed by atoms with E-state index in [1.807, 2.05) is 66.4 Å². The summed E-state index contributed by atoms with van der Waals surface area (Å²) in [5.74, 6) is 1.52. The molecule has 0 radical (unpaired) electrons. The summed E-state index contributed by atoms with van der Waals surface area (Å²) >= 11 is 0. The molecule has 1 saturated heterocycles. The van der Waals surface area contributed by atoms with Crippen LogP contribution < -0.4 is 4.74 Å². The molecule has 1 aliphatic rings. The topological polar surface area (TPSA) is 55.6 Å². The van der Waals surface area contributed by atoms with Gasteiger partial charge < -0.3 is 14.2 Å². The van der Waals surface area contributed by atoms with Crippen LogP contribution in [0.25, 0.3) is 22.6 Å². The summed E-state index contributed by atoms with van der Waals surface area (Å²) in [5, 5.41) is 4.25. The molecule has 0 atom stereocenters. The highest BCUT2D eigenvalue weighted by molar-refractivity contribution is 5.78. The van der Waals surface area contributed by atoms with Crippen molar-refractivity contribution in [3.8, 4) is 28.3 Å². The Hall–Kier alpha value is -3.08. The van der Waals surface area contributed by atoms with E-state index in [-0.39, 0.29) is 12.5 Å². The van der Waals surface area contributed by atoms with Crippen LogP contribution in [0.5, 0.6) is 5.75 Å².